The molecule has 4 heteroatoms. The van der Waals surface area contributed by atoms with E-state index in [0.29, 0.717) is 0 Å². The van der Waals surface area contributed by atoms with Crippen LogP contribution in [-0.2, 0) is 19.3 Å². The van der Waals surface area contributed by atoms with Gasteiger partial charge in [0.2, 0.25) is 0 Å². The highest BCUT2D eigenvalue weighted by molar-refractivity contribution is 6.06. The Kier molecular flexibility index (Phi) is 6.86. The highest BCUT2D eigenvalue weighted by Gasteiger charge is 2.23. The van der Waals surface area contributed by atoms with Gasteiger partial charge in [0.1, 0.15) is 0 Å². The van der Waals surface area contributed by atoms with Crippen molar-refractivity contribution in [2.45, 2.75) is 94.9 Å². The predicted octanol–water partition coefficient (Wildman–Crippen LogP) is 7.75. The summed E-state index contributed by atoms with van der Waals surface area (Å²) >= 11 is 0. The maximum Gasteiger partial charge on any atom is 0.0686 e. The fourth-order valence-electron chi connectivity index (χ4n) is 5.60. The number of rotatable bonds is 7. The number of aryl methyl sites for hydroxylation is 2. The van der Waals surface area contributed by atoms with Crippen molar-refractivity contribution < 1.29 is 0 Å². The van der Waals surface area contributed by atoms with Gasteiger partial charge in [-0.25, -0.2) is 0 Å². The molecule has 4 heterocycles. The summed E-state index contributed by atoms with van der Waals surface area (Å²) in [6.45, 7) is 22.1. The van der Waals surface area contributed by atoms with Gasteiger partial charge in [-0.3, -0.25) is 4.99 Å². The summed E-state index contributed by atoms with van der Waals surface area (Å²) in [5.41, 5.74) is 20.8. The van der Waals surface area contributed by atoms with Crippen molar-refractivity contribution in [3.63, 3.8) is 0 Å². The van der Waals surface area contributed by atoms with Gasteiger partial charge >= 0.3 is 0 Å². The van der Waals surface area contributed by atoms with E-state index in [0.717, 1.165) is 31.4 Å². The van der Waals surface area contributed by atoms with Crippen molar-refractivity contribution in [2.75, 3.05) is 0 Å². The number of hydrogen-bond acceptors (Lipinski definition) is 1. The molecule has 3 N–H and O–H groups in total. The van der Waals surface area contributed by atoms with Crippen LogP contribution in [0.4, 0.5) is 0 Å². The molecule has 0 fully saturated rings. The van der Waals surface area contributed by atoms with Gasteiger partial charge < -0.3 is 15.0 Å². The first-order valence-electron chi connectivity index (χ1n) is 13.1. The van der Waals surface area contributed by atoms with Crippen LogP contribution in [0.2, 0.25) is 0 Å². The van der Waals surface area contributed by atoms with E-state index in [9.17, 15) is 0 Å². The zero-order valence-electron chi connectivity index (χ0n) is 23.4. The van der Waals surface area contributed by atoms with Crippen molar-refractivity contribution in [1.82, 2.24) is 15.0 Å². The van der Waals surface area contributed by atoms with Crippen molar-refractivity contribution in [2.24, 2.45) is 4.99 Å². The molecule has 0 bridgehead atoms. The molecule has 0 aromatic carbocycles. The van der Waals surface area contributed by atoms with Crippen molar-refractivity contribution in [3.8, 4) is 0 Å². The van der Waals surface area contributed by atoms with E-state index in [1.807, 2.05) is 0 Å². The number of H-pyrrole nitrogens is 3. The molecule has 4 rings (SSSR count). The molecule has 3 aromatic rings. The molecular formula is C31H42N4. The van der Waals surface area contributed by atoms with Crippen LogP contribution in [0.1, 0.15) is 94.7 Å². The van der Waals surface area contributed by atoms with Crippen LogP contribution >= 0.6 is 0 Å². The summed E-state index contributed by atoms with van der Waals surface area (Å²) in [5, 5.41) is 0. The van der Waals surface area contributed by atoms with Crippen LogP contribution < -0.4 is 0 Å². The highest BCUT2D eigenvalue weighted by atomic mass is 14.8. The van der Waals surface area contributed by atoms with E-state index < -0.39 is 0 Å². The Morgan fingerprint density at radius 2 is 1.20 bits per heavy atom. The molecule has 35 heavy (non-hydrogen) atoms. The van der Waals surface area contributed by atoms with Crippen molar-refractivity contribution in [1.29, 1.82) is 0 Å². The lowest BCUT2D eigenvalue weighted by atomic mass is 9.98. The summed E-state index contributed by atoms with van der Waals surface area (Å²) < 4.78 is 0. The summed E-state index contributed by atoms with van der Waals surface area (Å²) in [5.74, 6) is 0. The first-order valence-corrected chi connectivity index (χ1v) is 13.1. The number of nitrogens with zero attached hydrogens (tertiary/aromatic N) is 1. The van der Waals surface area contributed by atoms with Gasteiger partial charge in [0.15, 0.2) is 0 Å². The minimum atomic E-state index is 0.859. The number of hydrogen-bond donors (Lipinski definition) is 3. The summed E-state index contributed by atoms with van der Waals surface area (Å²) in [6.07, 6.45) is 6.05. The number of aromatic nitrogens is 3. The Labute approximate surface area is 211 Å². The van der Waals surface area contributed by atoms with Gasteiger partial charge in [-0.2, -0.15) is 0 Å². The Balaban J connectivity index is 1.70. The van der Waals surface area contributed by atoms with Crippen molar-refractivity contribution in [3.05, 3.63) is 84.4 Å². The van der Waals surface area contributed by atoms with E-state index in [2.05, 4.69) is 90.3 Å². The molecule has 4 nitrogen and oxygen atoms in total. The van der Waals surface area contributed by atoms with Gasteiger partial charge in [0, 0.05) is 47.0 Å². The molecule has 0 spiro atoms. The first-order chi connectivity index (χ1) is 16.6. The predicted molar refractivity (Wildman–Crippen MR) is 150 cm³/mol. The molecule has 0 amide bonds. The van der Waals surface area contributed by atoms with Gasteiger partial charge in [-0.05, 0) is 119 Å². The average Bonchev–Trinajstić information content (AvgIpc) is 3.45. The highest BCUT2D eigenvalue weighted by Crippen LogP contribution is 2.33. The summed E-state index contributed by atoms with van der Waals surface area (Å²) in [6, 6.07) is 0. The monoisotopic (exact) mass is 470 g/mol. The van der Waals surface area contributed by atoms with Crippen LogP contribution in [0.15, 0.2) is 21.8 Å². The normalized spacial score (nSPS) is 15.1. The average molecular weight is 471 g/mol. The fraction of sp³-hybridized carbons (Fsp3) is 0.452. The number of aliphatic imine (C=N–C) groups is 1. The lowest BCUT2D eigenvalue weighted by Gasteiger charge is -2.05. The third-order valence-electron chi connectivity index (χ3n) is 8.47. The quantitative estimate of drug-likeness (QED) is 0.316. The first kappa shape index (κ1) is 25.1. The standard InChI is InChI=1S/C31H42N4/c1-11-24-20(7)28(34-30(24)14-26-18(5)16(3)22(9)32-26)13-29-21(8)25(12-2)31(35-29)15-27-19(6)17(4)23(10)33-27/h13,32-34H,11-12,14-15H2,1-10H3/b29-13-. The zero-order chi connectivity index (χ0) is 25.6. The molecule has 0 atom stereocenters. The smallest absolute Gasteiger partial charge is 0.0686 e. The molecule has 0 unspecified atom stereocenters. The van der Waals surface area contributed by atoms with E-state index in [4.69, 9.17) is 4.99 Å². The Hall–Kier alpha value is -3.01. The molecule has 0 saturated heterocycles. The Morgan fingerprint density at radius 3 is 1.69 bits per heavy atom. The van der Waals surface area contributed by atoms with Crippen molar-refractivity contribution >= 4 is 11.8 Å². The van der Waals surface area contributed by atoms with Crippen LogP contribution in [0, 0.1) is 48.5 Å². The third kappa shape index (κ3) is 4.39. The minimum absolute atomic E-state index is 0.859. The summed E-state index contributed by atoms with van der Waals surface area (Å²) in [7, 11) is 0. The Bertz CT molecular complexity index is 1380. The second kappa shape index (κ2) is 9.56. The fourth-order valence-corrected chi connectivity index (χ4v) is 5.60. The second-order valence-corrected chi connectivity index (χ2v) is 10.3. The van der Waals surface area contributed by atoms with Crippen LogP contribution in [0.5, 0.6) is 0 Å². The van der Waals surface area contributed by atoms with E-state index in [1.165, 1.54) is 84.4 Å². The van der Waals surface area contributed by atoms with E-state index >= 15 is 0 Å². The van der Waals surface area contributed by atoms with Gasteiger partial charge in [0.25, 0.3) is 0 Å². The summed E-state index contributed by atoms with van der Waals surface area (Å²) in [4.78, 5) is 16.1. The van der Waals surface area contributed by atoms with Crippen LogP contribution in [0.3, 0.4) is 0 Å². The lowest BCUT2D eigenvalue weighted by Crippen LogP contribution is -2.06. The van der Waals surface area contributed by atoms with Gasteiger partial charge in [-0.15, -0.1) is 0 Å². The second-order valence-electron chi connectivity index (χ2n) is 10.3. The number of allylic oxidation sites excluding steroid dienone is 2. The Morgan fingerprint density at radius 1 is 0.629 bits per heavy atom. The lowest BCUT2D eigenvalue weighted by molar-refractivity contribution is 0.981. The molecule has 0 saturated carbocycles. The molecule has 1 aliphatic heterocycles. The van der Waals surface area contributed by atoms with E-state index in [-0.39, 0.29) is 0 Å². The molecule has 0 radical (unpaired) electrons. The molecular weight excluding hydrogens is 428 g/mol. The van der Waals surface area contributed by atoms with E-state index in [1.54, 1.807) is 0 Å². The SMILES string of the molecule is CCC1=C(C)/C(=C/c2[nH]c(Cc3[nH]c(C)c(C)c3C)c(CC)c2C)N=C1Cc1[nH]c(C)c(C)c1C. The largest absolute Gasteiger partial charge is 0.362 e. The molecule has 186 valence electrons. The topological polar surface area (TPSA) is 59.7 Å². The molecule has 1 aliphatic rings. The minimum Gasteiger partial charge on any atom is -0.362 e. The number of aromatic amines is 3. The maximum absolute atomic E-state index is 5.17. The molecule has 3 aromatic heterocycles. The third-order valence-corrected chi connectivity index (χ3v) is 8.47. The maximum atomic E-state index is 5.17. The number of nitrogens with one attached hydrogen (secondary N) is 3. The zero-order valence-corrected chi connectivity index (χ0v) is 23.4. The molecule has 0 aliphatic carbocycles. The van der Waals surface area contributed by atoms with Gasteiger partial charge in [-0.1, -0.05) is 13.8 Å². The van der Waals surface area contributed by atoms with Crippen LogP contribution in [-0.4, -0.2) is 20.7 Å². The van der Waals surface area contributed by atoms with Gasteiger partial charge in [0.05, 0.1) is 11.4 Å². The van der Waals surface area contributed by atoms with Crippen LogP contribution in [0.25, 0.3) is 6.08 Å².